The molecule has 0 spiro atoms. The minimum absolute atomic E-state index is 0.0158. The van der Waals surface area contributed by atoms with E-state index >= 15 is 0 Å². The molecule has 3 aliphatic rings. The number of allylic oxidation sites excluding steroid dienone is 6. The highest BCUT2D eigenvalue weighted by atomic mass is 15.2. The zero-order chi connectivity index (χ0) is 37.6. The Morgan fingerprint density at radius 2 is 1.36 bits per heavy atom. The Hall–Kier alpha value is -6.82. The maximum Gasteiger partial charge on any atom is 0.247 e. The van der Waals surface area contributed by atoms with Crippen molar-refractivity contribution in [3.05, 3.63) is 179 Å². The molecule has 260 valence electrons. The molecule has 2 heterocycles. The summed E-state index contributed by atoms with van der Waals surface area (Å²) in [7, 11) is 0. The van der Waals surface area contributed by atoms with Crippen LogP contribution in [0, 0.1) is 36.5 Å². The second kappa shape index (κ2) is 12.1. The van der Waals surface area contributed by atoms with Crippen LogP contribution in [0.25, 0.3) is 33.1 Å². The van der Waals surface area contributed by atoms with Crippen LogP contribution < -0.4 is 21.3 Å². The molecule has 0 unspecified atom stereocenters. The molecule has 1 aliphatic heterocycles. The van der Waals surface area contributed by atoms with E-state index < -0.39 is 0 Å². The Morgan fingerprint density at radius 3 is 2.07 bits per heavy atom. The van der Waals surface area contributed by atoms with Gasteiger partial charge in [-0.05, 0) is 83.8 Å². The molecule has 0 saturated carbocycles. The average molecular weight is 705 g/mol. The third-order valence-corrected chi connectivity index (χ3v) is 12.3. The van der Waals surface area contributed by atoms with Gasteiger partial charge in [-0.3, -0.25) is 0 Å². The van der Waals surface area contributed by atoms with Crippen molar-refractivity contribution in [3.63, 3.8) is 0 Å². The first-order chi connectivity index (χ1) is 26.8. The number of rotatable bonds is 3. The molecule has 0 bridgehead atoms. The maximum atomic E-state index is 11.5. The number of nitriles is 2. The molecule has 2 aliphatic carbocycles. The first-order valence-corrected chi connectivity index (χ1v) is 19.0. The zero-order valence-corrected chi connectivity index (χ0v) is 31.4. The van der Waals surface area contributed by atoms with Gasteiger partial charge < -0.3 is 9.47 Å². The smallest absolute Gasteiger partial charge is 0.247 e. The van der Waals surface area contributed by atoms with Crippen molar-refractivity contribution in [3.8, 4) is 17.8 Å². The van der Waals surface area contributed by atoms with Gasteiger partial charge in [0.1, 0.15) is 17.7 Å². The number of benzene rings is 6. The summed E-state index contributed by atoms with van der Waals surface area (Å²) in [5, 5.41) is 24.6. The summed E-state index contributed by atoms with van der Waals surface area (Å²) in [6, 6.07) is 45.6. The van der Waals surface area contributed by atoms with E-state index in [1.165, 1.54) is 38.9 Å². The van der Waals surface area contributed by atoms with Crippen LogP contribution in [0.15, 0.2) is 145 Å². The third kappa shape index (κ3) is 4.51. The van der Waals surface area contributed by atoms with Crippen LogP contribution >= 0.6 is 0 Å². The van der Waals surface area contributed by atoms with E-state index in [9.17, 15) is 10.5 Å². The van der Waals surface area contributed by atoms with Crippen molar-refractivity contribution in [2.45, 2.75) is 39.5 Å². The molecular weight excluding hydrogens is 667 g/mol. The standard InChI is InChI=1S/C50H37BN4/c1-31-15-14-16-32(2)47(31)51-40-20-9-12-23-44(40)55(45-24-13-10-21-41(45)51)48-33(29-52)25-28-43(38(48)30-53)54-42-22-11-8-18-35(42)37-27-26-36-34-17-6-5-7-19-39(34)50(3,4)46(36)49(37)54/h5-16,18-28H,17H2,1-4H3. The van der Waals surface area contributed by atoms with Gasteiger partial charge in [0.2, 0.25) is 6.71 Å². The van der Waals surface area contributed by atoms with E-state index in [0.717, 1.165) is 56.2 Å². The molecular formula is C50H37BN4. The molecule has 0 amide bonds. The predicted octanol–water partition coefficient (Wildman–Crippen LogP) is 10.0. The van der Waals surface area contributed by atoms with Gasteiger partial charge >= 0.3 is 0 Å². The van der Waals surface area contributed by atoms with Gasteiger partial charge in [0.15, 0.2) is 0 Å². The first-order valence-electron chi connectivity index (χ1n) is 19.0. The van der Waals surface area contributed by atoms with Crippen molar-refractivity contribution in [2.24, 2.45) is 0 Å². The fourth-order valence-electron chi connectivity index (χ4n) is 10.00. The van der Waals surface area contributed by atoms with Crippen LogP contribution in [-0.2, 0) is 5.41 Å². The van der Waals surface area contributed by atoms with Crippen molar-refractivity contribution in [1.82, 2.24) is 4.57 Å². The molecule has 5 heteroatoms. The van der Waals surface area contributed by atoms with Crippen molar-refractivity contribution in [1.29, 1.82) is 10.5 Å². The van der Waals surface area contributed by atoms with Crippen LogP contribution in [0.4, 0.5) is 17.1 Å². The van der Waals surface area contributed by atoms with E-state index in [-0.39, 0.29) is 12.1 Å². The lowest BCUT2D eigenvalue weighted by Crippen LogP contribution is -2.58. The highest BCUT2D eigenvalue weighted by Gasteiger charge is 2.41. The van der Waals surface area contributed by atoms with Crippen LogP contribution in [-0.4, -0.2) is 11.3 Å². The highest BCUT2D eigenvalue weighted by molar-refractivity contribution is 6.98. The summed E-state index contributed by atoms with van der Waals surface area (Å²) in [6.07, 6.45) is 9.68. The topological polar surface area (TPSA) is 55.8 Å². The Labute approximate surface area is 322 Å². The molecule has 6 aromatic carbocycles. The summed E-state index contributed by atoms with van der Waals surface area (Å²) in [5.74, 6) is 0. The number of hydrogen-bond donors (Lipinski definition) is 0. The number of aromatic nitrogens is 1. The lowest BCUT2D eigenvalue weighted by Gasteiger charge is -2.38. The Kier molecular flexibility index (Phi) is 7.22. The van der Waals surface area contributed by atoms with Gasteiger partial charge in [-0.2, -0.15) is 10.5 Å². The van der Waals surface area contributed by atoms with Crippen molar-refractivity contribution >= 4 is 67.5 Å². The van der Waals surface area contributed by atoms with E-state index in [1.807, 2.05) is 12.1 Å². The molecule has 55 heavy (non-hydrogen) atoms. The van der Waals surface area contributed by atoms with Crippen LogP contribution in [0.3, 0.4) is 0 Å². The number of nitrogens with zero attached hydrogens (tertiary/aromatic N) is 4. The summed E-state index contributed by atoms with van der Waals surface area (Å²) in [4.78, 5) is 2.18. The lowest BCUT2D eigenvalue weighted by atomic mass is 9.34. The number of aryl methyl sites for hydroxylation is 2. The van der Waals surface area contributed by atoms with Crippen molar-refractivity contribution in [2.75, 3.05) is 4.90 Å². The predicted molar refractivity (Wildman–Crippen MR) is 228 cm³/mol. The highest BCUT2D eigenvalue weighted by Crippen LogP contribution is 2.53. The van der Waals surface area contributed by atoms with Gasteiger partial charge in [-0.15, -0.1) is 0 Å². The monoisotopic (exact) mass is 704 g/mol. The number of hydrogen-bond acceptors (Lipinski definition) is 3. The van der Waals surface area contributed by atoms with E-state index in [1.54, 1.807) is 0 Å². The SMILES string of the molecule is Cc1cccc(C)c1B1c2ccccc2N(c2c(C#N)ccc(-n3c4ccccc4c4ccc5c(c43)C(C)(C)C3=C5CC=CC=C3)c2C#N)c2ccccc21. The van der Waals surface area contributed by atoms with Gasteiger partial charge in [-0.25, -0.2) is 0 Å². The Morgan fingerprint density at radius 1 is 0.673 bits per heavy atom. The maximum absolute atomic E-state index is 11.5. The minimum atomic E-state index is -0.283. The van der Waals surface area contributed by atoms with Crippen molar-refractivity contribution < 1.29 is 0 Å². The quantitative estimate of drug-likeness (QED) is 0.172. The molecule has 0 radical (unpaired) electrons. The van der Waals surface area contributed by atoms with Gasteiger partial charge in [0.05, 0.1) is 28.0 Å². The second-order valence-electron chi connectivity index (χ2n) is 15.5. The molecule has 0 fully saturated rings. The van der Waals surface area contributed by atoms with Gasteiger partial charge in [0.25, 0.3) is 0 Å². The third-order valence-electron chi connectivity index (χ3n) is 12.3. The molecule has 0 atom stereocenters. The van der Waals surface area contributed by atoms with Crippen LogP contribution in [0.2, 0.25) is 0 Å². The zero-order valence-electron chi connectivity index (χ0n) is 31.4. The summed E-state index contributed by atoms with van der Waals surface area (Å²) in [6.45, 7) is 9.02. The molecule has 1 aromatic heterocycles. The molecule has 7 aromatic rings. The molecule has 0 saturated heterocycles. The number of para-hydroxylation sites is 3. The molecule has 0 N–H and O–H groups in total. The minimum Gasteiger partial charge on any atom is -0.309 e. The fraction of sp³-hybridized carbons (Fsp3) is 0.120. The van der Waals surface area contributed by atoms with E-state index in [0.29, 0.717) is 16.8 Å². The van der Waals surface area contributed by atoms with Gasteiger partial charge in [-0.1, -0.05) is 140 Å². The number of fused-ring (bicyclic) bond motifs is 8. The normalized spacial score (nSPS) is 15.0. The van der Waals surface area contributed by atoms with Crippen LogP contribution in [0.5, 0.6) is 0 Å². The Bertz CT molecular complexity index is 2930. The summed E-state index contributed by atoms with van der Waals surface area (Å²) < 4.78 is 2.31. The summed E-state index contributed by atoms with van der Waals surface area (Å²) in [5.41, 5.74) is 17.3. The lowest BCUT2D eigenvalue weighted by molar-refractivity contribution is 0.657. The largest absolute Gasteiger partial charge is 0.309 e. The first kappa shape index (κ1) is 32.8. The number of anilines is 3. The van der Waals surface area contributed by atoms with Crippen LogP contribution in [0.1, 0.15) is 53.6 Å². The fourth-order valence-corrected chi connectivity index (χ4v) is 10.00. The van der Waals surface area contributed by atoms with E-state index in [4.69, 9.17) is 0 Å². The molecule has 4 nitrogen and oxygen atoms in total. The average Bonchev–Trinajstić information content (AvgIpc) is 3.47. The Balaban J connectivity index is 1.29. The van der Waals surface area contributed by atoms with E-state index in [2.05, 4.69) is 177 Å². The van der Waals surface area contributed by atoms with Gasteiger partial charge in [0, 0.05) is 27.6 Å². The summed E-state index contributed by atoms with van der Waals surface area (Å²) >= 11 is 0. The molecule has 10 rings (SSSR count). The second-order valence-corrected chi connectivity index (χ2v) is 15.5.